The number of nitrogens with one attached hydrogen (secondary N) is 1. The molecule has 1 aliphatic carbocycles. The van der Waals surface area contributed by atoms with Gasteiger partial charge >= 0.3 is 5.97 Å². The second-order valence-corrected chi connectivity index (χ2v) is 7.86. The van der Waals surface area contributed by atoms with Gasteiger partial charge in [-0.15, -0.1) is 0 Å². The number of anilines is 1. The summed E-state index contributed by atoms with van der Waals surface area (Å²) in [6.07, 6.45) is 0.883. The number of carbonyl (C=O) groups excluding carboxylic acids is 2. The molecule has 4 aromatic carbocycles. The normalized spacial score (nSPS) is 11.4. The third-order valence-electron chi connectivity index (χ3n) is 5.63. The van der Waals surface area contributed by atoms with E-state index < -0.39 is 0 Å². The van der Waals surface area contributed by atoms with Gasteiger partial charge in [0, 0.05) is 18.2 Å². The van der Waals surface area contributed by atoms with Gasteiger partial charge in [0.05, 0.1) is 0 Å². The highest BCUT2D eigenvalue weighted by Gasteiger charge is 2.18. The van der Waals surface area contributed by atoms with Gasteiger partial charge in [-0.2, -0.15) is 0 Å². The van der Waals surface area contributed by atoms with E-state index in [4.69, 9.17) is 4.74 Å². The summed E-state index contributed by atoms with van der Waals surface area (Å²) in [7, 11) is 0. The molecule has 0 bridgehead atoms. The van der Waals surface area contributed by atoms with Gasteiger partial charge < -0.3 is 10.1 Å². The summed E-state index contributed by atoms with van der Waals surface area (Å²) in [6.45, 7) is 1.37. The third kappa shape index (κ3) is 3.91. The van der Waals surface area contributed by atoms with Gasteiger partial charge in [0.2, 0.25) is 0 Å². The predicted molar refractivity (Wildman–Crippen MR) is 126 cm³/mol. The first-order valence-corrected chi connectivity index (χ1v) is 10.5. The van der Waals surface area contributed by atoms with Crippen LogP contribution in [0.3, 0.4) is 0 Å². The molecule has 0 atom stereocenters. The van der Waals surface area contributed by atoms with Crippen LogP contribution in [-0.2, 0) is 11.2 Å². The molecule has 1 amide bonds. The molecule has 4 aromatic rings. The minimum absolute atomic E-state index is 0.154. The number of amides is 1. The molecular formula is C28H21NO3. The lowest BCUT2D eigenvalue weighted by atomic mass is 10.0. The fourth-order valence-electron chi connectivity index (χ4n) is 4.15. The van der Waals surface area contributed by atoms with Crippen molar-refractivity contribution in [1.29, 1.82) is 0 Å². The molecule has 156 valence electrons. The van der Waals surface area contributed by atoms with Crippen LogP contribution in [-0.4, -0.2) is 11.9 Å². The van der Waals surface area contributed by atoms with Crippen molar-refractivity contribution in [1.82, 2.24) is 0 Å². The number of benzene rings is 4. The van der Waals surface area contributed by atoms with Crippen molar-refractivity contribution in [2.24, 2.45) is 0 Å². The van der Waals surface area contributed by atoms with Gasteiger partial charge in [-0.05, 0) is 76.2 Å². The summed E-state index contributed by atoms with van der Waals surface area (Å²) in [6, 6.07) is 29.2. The van der Waals surface area contributed by atoms with Crippen molar-refractivity contribution < 1.29 is 14.3 Å². The second kappa shape index (κ2) is 8.16. The van der Waals surface area contributed by atoms with E-state index in [1.165, 1.54) is 29.2 Å². The number of rotatable bonds is 4. The summed E-state index contributed by atoms with van der Waals surface area (Å²) in [4.78, 5) is 24.0. The molecule has 0 fully saturated rings. The van der Waals surface area contributed by atoms with E-state index in [9.17, 15) is 9.59 Å². The van der Waals surface area contributed by atoms with Crippen LogP contribution in [0.2, 0.25) is 0 Å². The maximum atomic E-state index is 12.9. The Hall–Kier alpha value is -4.18. The predicted octanol–water partition coefficient (Wildman–Crippen LogP) is 6.10. The van der Waals surface area contributed by atoms with E-state index in [2.05, 4.69) is 41.7 Å². The number of ether oxygens (including phenoxy) is 1. The van der Waals surface area contributed by atoms with Crippen molar-refractivity contribution in [3.8, 4) is 28.0 Å². The Kier molecular flexibility index (Phi) is 5.04. The number of esters is 1. The van der Waals surface area contributed by atoms with Crippen molar-refractivity contribution in [3.63, 3.8) is 0 Å². The van der Waals surface area contributed by atoms with Crippen LogP contribution in [0.4, 0.5) is 5.69 Å². The highest BCUT2D eigenvalue weighted by atomic mass is 16.5. The largest absolute Gasteiger partial charge is 0.427 e. The molecule has 0 unspecified atom stereocenters. The van der Waals surface area contributed by atoms with Gasteiger partial charge in [-0.3, -0.25) is 9.59 Å². The third-order valence-corrected chi connectivity index (χ3v) is 5.63. The average Bonchev–Trinajstić information content (AvgIpc) is 3.17. The summed E-state index contributed by atoms with van der Waals surface area (Å²) >= 11 is 0. The van der Waals surface area contributed by atoms with Gasteiger partial charge in [0.1, 0.15) is 5.75 Å². The second-order valence-electron chi connectivity index (χ2n) is 7.86. The van der Waals surface area contributed by atoms with Crippen LogP contribution >= 0.6 is 0 Å². The first-order chi connectivity index (χ1) is 15.6. The fourth-order valence-corrected chi connectivity index (χ4v) is 4.15. The molecule has 0 radical (unpaired) electrons. The highest BCUT2D eigenvalue weighted by molar-refractivity contribution is 6.05. The number of hydrogen-bond acceptors (Lipinski definition) is 3. The van der Waals surface area contributed by atoms with E-state index in [0.717, 1.165) is 23.2 Å². The fraction of sp³-hybridized carbons (Fsp3) is 0.0714. The summed E-state index contributed by atoms with van der Waals surface area (Å²) < 4.78 is 5.08. The molecule has 1 N–H and O–H groups in total. The van der Waals surface area contributed by atoms with E-state index >= 15 is 0 Å². The van der Waals surface area contributed by atoms with Gasteiger partial charge in [-0.25, -0.2) is 0 Å². The SMILES string of the molecule is CC(=O)Oc1ccc(-c2cccc(C(=O)Nc3ccc4c(c3)Cc3ccccc3-4)c2)cc1. The molecule has 0 aliphatic heterocycles. The monoisotopic (exact) mass is 419 g/mol. The van der Waals surface area contributed by atoms with Crippen LogP contribution in [0.5, 0.6) is 5.75 Å². The summed E-state index contributed by atoms with van der Waals surface area (Å²) in [5.74, 6) is -0.0143. The Morgan fingerprint density at radius 1 is 0.750 bits per heavy atom. The molecule has 0 heterocycles. The number of carbonyl (C=O) groups is 2. The molecule has 0 saturated carbocycles. The zero-order valence-electron chi connectivity index (χ0n) is 17.6. The Morgan fingerprint density at radius 2 is 1.53 bits per heavy atom. The highest BCUT2D eigenvalue weighted by Crippen LogP contribution is 2.37. The molecule has 0 aromatic heterocycles. The first kappa shape index (κ1) is 19.8. The summed E-state index contributed by atoms with van der Waals surface area (Å²) in [5, 5.41) is 3.03. The lowest BCUT2D eigenvalue weighted by molar-refractivity contribution is -0.131. The lowest BCUT2D eigenvalue weighted by Crippen LogP contribution is -2.12. The molecule has 4 heteroatoms. The molecule has 32 heavy (non-hydrogen) atoms. The van der Waals surface area contributed by atoms with Crippen molar-refractivity contribution in [3.05, 3.63) is 108 Å². The van der Waals surface area contributed by atoms with Gasteiger partial charge in [0.25, 0.3) is 5.91 Å². The maximum absolute atomic E-state index is 12.9. The van der Waals surface area contributed by atoms with Crippen molar-refractivity contribution in [2.75, 3.05) is 5.32 Å². The zero-order chi connectivity index (χ0) is 22.1. The number of hydrogen-bond donors (Lipinski definition) is 1. The van der Waals surface area contributed by atoms with Crippen molar-refractivity contribution >= 4 is 17.6 Å². The topological polar surface area (TPSA) is 55.4 Å². The van der Waals surface area contributed by atoms with Crippen LogP contribution in [0.25, 0.3) is 22.3 Å². The first-order valence-electron chi connectivity index (χ1n) is 10.5. The zero-order valence-corrected chi connectivity index (χ0v) is 17.6. The van der Waals surface area contributed by atoms with Gasteiger partial charge in [-0.1, -0.05) is 54.6 Å². The maximum Gasteiger partial charge on any atom is 0.308 e. The van der Waals surface area contributed by atoms with E-state index in [-0.39, 0.29) is 11.9 Å². The Labute approximate surface area is 186 Å². The molecule has 0 spiro atoms. The van der Waals surface area contributed by atoms with E-state index in [1.807, 2.05) is 36.4 Å². The van der Waals surface area contributed by atoms with Crippen molar-refractivity contribution in [2.45, 2.75) is 13.3 Å². The quantitative estimate of drug-likeness (QED) is 0.283. The van der Waals surface area contributed by atoms with E-state index in [0.29, 0.717) is 11.3 Å². The van der Waals surface area contributed by atoms with Crippen LogP contribution in [0, 0.1) is 0 Å². The Morgan fingerprint density at radius 3 is 2.34 bits per heavy atom. The van der Waals surface area contributed by atoms with Gasteiger partial charge in [0.15, 0.2) is 0 Å². The van der Waals surface area contributed by atoms with Crippen LogP contribution in [0.1, 0.15) is 28.4 Å². The minimum atomic E-state index is -0.355. The summed E-state index contributed by atoms with van der Waals surface area (Å²) in [5.41, 5.74) is 8.27. The Balaban J connectivity index is 1.34. The molecule has 1 aliphatic rings. The van der Waals surface area contributed by atoms with Crippen LogP contribution < -0.4 is 10.1 Å². The lowest BCUT2D eigenvalue weighted by Gasteiger charge is -2.10. The number of fused-ring (bicyclic) bond motifs is 3. The van der Waals surface area contributed by atoms with E-state index in [1.54, 1.807) is 18.2 Å². The van der Waals surface area contributed by atoms with Crippen LogP contribution in [0.15, 0.2) is 91.0 Å². The smallest absolute Gasteiger partial charge is 0.308 e. The molecular weight excluding hydrogens is 398 g/mol. The standard InChI is InChI=1S/C28H21NO3/c1-18(30)32-25-12-9-19(10-13-25)20-6-4-7-22(15-20)28(31)29-24-11-14-27-23(17-24)16-21-5-2-3-8-26(21)27/h2-15,17H,16H2,1H3,(H,29,31). The average molecular weight is 419 g/mol. The minimum Gasteiger partial charge on any atom is -0.427 e. The molecule has 0 saturated heterocycles. The molecule has 5 rings (SSSR count). The molecule has 4 nitrogen and oxygen atoms in total. The Bertz CT molecular complexity index is 1340.